The van der Waals surface area contributed by atoms with Crippen LogP contribution in [0.1, 0.15) is 18.9 Å². The Bertz CT molecular complexity index is 546. The number of nitrogens with zero attached hydrogens (tertiary/aromatic N) is 1. The first-order valence-corrected chi connectivity index (χ1v) is 6.46. The average Bonchev–Trinajstić information content (AvgIpc) is 3.06. The monoisotopic (exact) mass is 276 g/mol. The molecule has 2 aliphatic heterocycles. The van der Waals surface area contributed by atoms with E-state index in [0.29, 0.717) is 5.75 Å². The highest BCUT2D eigenvalue weighted by Gasteiger charge is 2.26. The van der Waals surface area contributed by atoms with Crippen molar-refractivity contribution in [3.8, 4) is 11.5 Å². The number of carbonyl (C=O) groups excluding carboxylic acids is 1. The number of carbonyl (C=O) groups is 1. The summed E-state index contributed by atoms with van der Waals surface area (Å²) in [5.41, 5.74) is 9.26. The molecule has 3 N–H and O–H groups in total. The Balaban J connectivity index is 1.56. The van der Waals surface area contributed by atoms with E-state index in [0.717, 1.165) is 17.7 Å². The summed E-state index contributed by atoms with van der Waals surface area (Å²) >= 11 is 0. The predicted octanol–water partition coefficient (Wildman–Crippen LogP) is 0.120. The van der Waals surface area contributed by atoms with Crippen LogP contribution >= 0.6 is 0 Å². The molecule has 0 aromatic heterocycles. The Hall–Kier alpha value is -2.12. The standard InChI is InChI=1S/C13H16N4O3/c1-8-4-10(16-15-8)13(18)17-14-6-9-2-3-11-12(5-9)20-7-19-11/h2-3,5-6,8,10,15-16H,4,7H2,1H3,(H,17,18)/b14-6+. The minimum absolute atomic E-state index is 0.154. The Morgan fingerprint density at radius 2 is 2.25 bits per heavy atom. The van der Waals surface area contributed by atoms with Gasteiger partial charge in [0.15, 0.2) is 11.5 Å². The summed E-state index contributed by atoms with van der Waals surface area (Å²) < 4.78 is 10.5. The molecule has 2 aliphatic rings. The van der Waals surface area contributed by atoms with Gasteiger partial charge < -0.3 is 9.47 Å². The van der Waals surface area contributed by atoms with Gasteiger partial charge in [-0.25, -0.2) is 10.9 Å². The van der Waals surface area contributed by atoms with Crippen molar-refractivity contribution < 1.29 is 14.3 Å². The smallest absolute Gasteiger partial charge is 0.258 e. The van der Waals surface area contributed by atoms with Gasteiger partial charge in [-0.15, -0.1) is 0 Å². The number of amides is 1. The van der Waals surface area contributed by atoms with E-state index >= 15 is 0 Å². The van der Waals surface area contributed by atoms with E-state index in [1.54, 1.807) is 6.21 Å². The second-order valence-electron chi connectivity index (χ2n) is 4.82. The molecule has 20 heavy (non-hydrogen) atoms. The van der Waals surface area contributed by atoms with Crippen molar-refractivity contribution in [3.05, 3.63) is 23.8 Å². The van der Waals surface area contributed by atoms with Crippen molar-refractivity contribution in [1.29, 1.82) is 0 Å². The Morgan fingerprint density at radius 3 is 3.05 bits per heavy atom. The van der Waals surface area contributed by atoms with Gasteiger partial charge in [0.25, 0.3) is 5.91 Å². The van der Waals surface area contributed by atoms with Gasteiger partial charge in [0, 0.05) is 6.04 Å². The van der Waals surface area contributed by atoms with Gasteiger partial charge in [-0.05, 0) is 37.1 Å². The van der Waals surface area contributed by atoms with Crippen LogP contribution in [-0.4, -0.2) is 31.0 Å². The molecular weight excluding hydrogens is 260 g/mol. The highest BCUT2D eigenvalue weighted by Crippen LogP contribution is 2.31. The van der Waals surface area contributed by atoms with Crippen molar-refractivity contribution in [2.24, 2.45) is 5.10 Å². The first-order valence-electron chi connectivity index (χ1n) is 6.46. The number of hydrazine groups is 1. The molecule has 0 spiro atoms. The molecule has 7 nitrogen and oxygen atoms in total. The summed E-state index contributed by atoms with van der Waals surface area (Å²) in [6.07, 6.45) is 2.32. The summed E-state index contributed by atoms with van der Waals surface area (Å²) in [6, 6.07) is 5.51. The molecule has 0 radical (unpaired) electrons. The number of hydrogen-bond acceptors (Lipinski definition) is 6. The largest absolute Gasteiger partial charge is 0.454 e. The molecule has 1 amide bonds. The maximum Gasteiger partial charge on any atom is 0.258 e. The van der Waals surface area contributed by atoms with Crippen LogP contribution in [0.5, 0.6) is 11.5 Å². The van der Waals surface area contributed by atoms with Crippen LogP contribution in [0.3, 0.4) is 0 Å². The van der Waals surface area contributed by atoms with E-state index in [1.807, 2.05) is 25.1 Å². The number of hydrazone groups is 1. The van der Waals surface area contributed by atoms with Crippen LogP contribution in [0.25, 0.3) is 0 Å². The molecule has 3 rings (SSSR count). The topological polar surface area (TPSA) is 84.0 Å². The molecule has 106 valence electrons. The van der Waals surface area contributed by atoms with Crippen molar-refractivity contribution in [2.45, 2.75) is 25.4 Å². The quantitative estimate of drug-likeness (QED) is 0.539. The van der Waals surface area contributed by atoms with Gasteiger partial charge >= 0.3 is 0 Å². The number of nitrogens with one attached hydrogen (secondary N) is 3. The first-order chi connectivity index (χ1) is 9.72. The lowest BCUT2D eigenvalue weighted by molar-refractivity contribution is -0.122. The van der Waals surface area contributed by atoms with Crippen LogP contribution in [0.4, 0.5) is 0 Å². The minimum Gasteiger partial charge on any atom is -0.454 e. The summed E-state index contributed by atoms with van der Waals surface area (Å²) in [5.74, 6) is 1.26. The number of hydrogen-bond donors (Lipinski definition) is 3. The minimum atomic E-state index is -0.251. The van der Waals surface area contributed by atoms with Gasteiger partial charge in [0.05, 0.1) is 6.21 Å². The summed E-state index contributed by atoms with van der Waals surface area (Å²) in [4.78, 5) is 11.8. The zero-order valence-electron chi connectivity index (χ0n) is 11.1. The maximum atomic E-state index is 11.8. The van der Waals surface area contributed by atoms with E-state index in [4.69, 9.17) is 9.47 Å². The summed E-state index contributed by atoms with van der Waals surface area (Å²) in [5, 5.41) is 3.95. The van der Waals surface area contributed by atoms with Crippen LogP contribution in [0.15, 0.2) is 23.3 Å². The third-order valence-electron chi connectivity index (χ3n) is 3.19. The molecule has 0 saturated carbocycles. The van der Waals surface area contributed by atoms with Crippen molar-refractivity contribution in [2.75, 3.05) is 6.79 Å². The van der Waals surface area contributed by atoms with E-state index in [2.05, 4.69) is 21.4 Å². The number of rotatable bonds is 3. The average molecular weight is 276 g/mol. The molecule has 2 unspecified atom stereocenters. The van der Waals surface area contributed by atoms with E-state index in [1.165, 1.54) is 0 Å². The van der Waals surface area contributed by atoms with Crippen molar-refractivity contribution in [1.82, 2.24) is 16.3 Å². The number of fused-ring (bicyclic) bond motifs is 1. The Kier molecular flexibility index (Phi) is 3.53. The maximum absolute atomic E-state index is 11.8. The molecule has 1 saturated heterocycles. The second kappa shape index (κ2) is 5.48. The van der Waals surface area contributed by atoms with Gasteiger partial charge in [-0.3, -0.25) is 10.2 Å². The highest BCUT2D eigenvalue weighted by atomic mass is 16.7. The van der Waals surface area contributed by atoms with E-state index in [-0.39, 0.29) is 24.8 Å². The van der Waals surface area contributed by atoms with E-state index in [9.17, 15) is 4.79 Å². The Morgan fingerprint density at radius 1 is 1.40 bits per heavy atom. The van der Waals surface area contributed by atoms with Crippen LogP contribution in [0.2, 0.25) is 0 Å². The Labute approximate surface area is 116 Å². The highest BCUT2D eigenvalue weighted by molar-refractivity contribution is 5.85. The molecule has 2 heterocycles. The third kappa shape index (κ3) is 2.73. The summed E-state index contributed by atoms with van der Waals surface area (Å²) in [7, 11) is 0. The van der Waals surface area contributed by atoms with E-state index < -0.39 is 0 Å². The van der Waals surface area contributed by atoms with Crippen LogP contribution in [0, 0.1) is 0 Å². The molecule has 1 fully saturated rings. The fourth-order valence-corrected chi connectivity index (χ4v) is 2.13. The fourth-order valence-electron chi connectivity index (χ4n) is 2.13. The van der Waals surface area contributed by atoms with Crippen LogP contribution < -0.4 is 25.8 Å². The number of benzene rings is 1. The van der Waals surface area contributed by atoms with Gasteiger partial charge in [0.2, 0.25) is 6.79 Å². The lowest BCUT2D eigenvalue weighted by Gasteiger charge is -2.06. The van der Waals surface area contributed by atoms with Crippen molar-refractivity contribution >= 4 is 12.1 Å². The lowest BCUT2D eigenvalue weighted by atomic mass is 10.1. The predicted molar refractivity (Wildman–Crippen MR) is 72.4 cm³/mol. The van der Waals surface area contributed by atoms with Crippen molar-refractivity contribution in [3.63, 3.8) is 0 Å². The SMILES string of the molecule is CC1CC(C(=O)N/N=C/c2ccc3c(c2)OCO3)NN1. The zero-order valence-corrected chi connectivity index (χ0v) is 11.1. The van der Waals surface area contributed by atoms with Crippen LogP contribution in [-0.2, 0) is 4.79 Å². The lowest BCUT2D eigenvalue weighted by Crippen LogP contribution is -2.41. The molecule has 7 heteroatoms. The summed E-state index contributed by atoms with van der Waals surface area (Å²) in [6.45, 7) is 2.25. The first kappa shape index (κ1) is 12.9. The molecule has 2 atom stereocenters. The molecule has 0 aliphatic carbocycles. The third-order valence-corrected chi connectivity index (χ3v) is 3.19. The molecule has 1 aromatic rings. The van der Waals surface area contributed by atoms with Gasteiger partial charge in [-0.1, -0.05) is 0 Å². The zero-order chi connectivity index (χ0) is 13.9. The van der Waals surface area contributed by atoms with Gasteiger partial charge in [0.1, 0.15) is 6.04 Å². The molecular formula is C13H16N4O3. The molecule has 1 aromatic carbocycles. The fraction of sp³-hybridized carbons (Fsp3) is 0.385. The molecule has 0 bridgehead atoms. The second-order valence-corrected chi connectivity index (χ2v) is 4.82. The number of ether oxygens (including phenoxy) is 2. The normalized spacial score (nSPS) is 24.2. The van der Waals surface area contributed by atoms with Gasteiger partial charge in [-0.2, -0.15) is 5.10 Å².